The molecule has 0 bridgehead atoms. The van der Waals surface area contributed by atoms with Crippen molar-refractivity contribution < 1.29 is 9.47 Å². The smallest absolute Gasteiger partial charge is 0.190 e. The number of thiazole rings is 1. The fourth-order valence-electron chi connectivity index (χ4n) is 3.13. The molecule has 0 N–H and O–H groups in total. The van der Waals surface area contributed by atoms with E-state index in [0.717, 1.165) is 57.1 Å². The summed E-state index contributed by atoms with van der Waals surface area (Å²) >= 11 is 9.40. The zero-order valence-corrected chi connectivity index (χ0v) is 17.4. The fraction of sp³-hybridized carbons (Fsp3) is 0.350. The minimum atomic E-state index is 0.244. The van der Waals surface area contributed by atoms with E-state index in [0.29, 0.717) is 6.61 Å². The zero-order chi connectivity index (χ0) is 18.6. The maximum absolute atomic E-state index is 6.16. The van der Waals surface area contributed by atoms with Gasteiger partial charge < -0.3 is 14.0 Å². The topological polar surface area (TPSA) is 35.8 Å². The third-order valence-electron chi connectivity index (χ3n) is 4.41. The van der Waals surface area contributed by atoms with Crippen LogP contribution in [0, 0.1) is 0 Å². The molecule has 2 aromatic heterocycles. The van der Waals surface area contributed by atoms with Gasteiger partial charge in [0.25, 0.3) is 0 Å². The molecule has 1 aliphatic rings. The quantitative estimate of drug-likeness (QED) is 0.509. The molecule has 3 aromatic rings. The molecular weight excluding hydrogens is 400 g/mol. The van der Waals surface area contributed by atoms with E-state index in [4.69, 9.17) is 26.1 Å². The van der Waals surface area contributed by atoms with Crippen LogP contribution in [0.1, 0.15) is 19.8 Å². The highest BCUT2D eigenvalue weighted by Gasteiger charge is 2.19. The lowest BCUT2D eigenvalue weighted by Crippen LogP contribution is -2.23. The van der Waals surface area contributed by atoms with E-state index in [-0.39, 0.29) is 6.10 Å². The molecule has 0 spiro atoms. The summed E-state index contributed by atoms with van der Waals surface area (Å²) in [6.45, 7) is 4.30. The van der Waals surface area contributed by atoms with Crippen LogP contribution in [0.2, 0.25) is 4.34 Å². The lowest BCUT2D eigenvalue weighted by atomic mass is 10.2. The van der Waals surface area contributed by atoms with Crippen molar-refractivity contribution in [3.8, 4) is 16.3 Å². The van der Waals surface area contributed by atoms with Crippen molar-refractivity contribution in [2.24, 2.45) is 4.99 Å². The molecule has 4 nitrogen and oxygen atoms in total. The van der Waals surface area contributed by atoms with Crippen LogP contribution in [0.25, 0.3) is 10.6 Å². The number of thiophene rings is 1. The van der Waals surface area contributed by atoms with Crippen LogP contribution in [-0.2, 0) is 11.3 Å². The average Bonchev–Trinajstić information content (AvgIpc) is 3.40. The molecule has 1 atom stereocenters. The number of halogens is 1. The molecule has 1 aliphatic heterocycles. The first-order chi connectivity index (χ1) is 13.2. The molecule has 0 aliphatic carbocycles. The van der Waals surface area contributed by atoms with Crippen molar-refractivity contribution in [3.05, 3.63) is 50.9 Å². The van der Waals surface area contributed by atoms with E-state index in [1.54, 1.807) is 22.7 Å². The van der Waals surface area contributed by atoms with Gasteiger partial charge in [0.1, 0.15) is 5.75 Å². The van der Waals surface area contributed by atoms with Gasteiger partial charge in [-0.25, -0.2) is 4.99 Å². The first-order valence-electron chi connectivity index (χ1n) is 9.06. The predicted molar refractivity (Wildman–Crippen MR) is 112 cm³/mol. The highest BCUT2D eigenvalue weighted by Crippen LogP contribution is 2.32. The predicted octanol–water partition coefficient (Wildman–Crippen LogP) is 5.74. The zero-order valence-electron chi connectivity index (χ0n) is 15.1. The second-order valence-electron chi connectivity index (χ2n) is 6.29. The first-order valence-corrected chi connectivity index (χ1v) is 11.1. The first kappa shape index (κ1) is 18.7. The molecule has 1 saturated heterocycles. The lowest BCUT2D eigenvalue weighted by molar-refractivity contribution is 0.0968. The number of benzene rings is 1. The number of rotatable bonds is 6. The summed E-state index contributed by atoms with van der Waals surface area (Å²) in [4.78, 5) is 7.00. The van der Waals surface area contributed by atoms with E-state index in [1.165, 1.54) is 0 Å². The van der Waals surface area contributed by atoms with Crippen LogP contribution >= 0.6 is 34.3 Å². The maximum atomic E-state index is 6.16. The number of nitrogens with zero attached hydrogens (tertiary/aromatic N) is 2. The molecule has 0 saturated carbocycles. The monoisotopic (exact) mass is 420 g/mol. The Hall–Kier alpha value is -1.60. The van der Waals surface area contributed by atoms with Crippen molar-refractivity contribution in [1.82, 2.24) is 4.57 Å². The van der Waals surface area contributed by atoms with Crippen molar-refractivity contribution >= 4 is 40.0 Å². The third-order valence-corrected chi connectivity index (χ3v) is 6.52. The van der Waals surface area contributed by atoms with Crippen LogP contribution in [-0.4, -0.2) is 23.9 Å². The SMILES string of the molecule is CCOc1ccc(N=c2scc(-c3ccc(Cl)s3)n2C[C@H]2CCCO2)cc1. The maximum Gasteiger partial charge on any atom is 0.190 e. The minimum absolute atomic E-state index is 0.244. The molecule has 142 valence electrons. The van der Waals surface area contributed by atoms with Crippen LogP contribution in [0.5, 0.6) is 5.75 Å². The molecule has 7 heteroatoms. The lowest BCUT2D eigenvalue weighted by Gasteiger charge is -2.13. The molecule has 0 amide bonds. The highest BCUT2D eigenvalue weighted by molar-refractivity contribution is 7.19. The molecule has 27 heavy (non-hydrogen) atoms. The van der Waals surface area contributed by atoms with Crippen LogP contribution < -0.4 is 9.54 Å². The van der Waals surface area contributed by atoms with Gasteiger partial charge >= 0.3 is 0 Å². The fourth-order valence-corrected chi connectivity index (χ4v) is 5.20. The Bertz CT molecular complexity index is 953. The van der Waals surface area contributed by atoms with Crippen molar-refractivity contribution in [2.75, 3.05) is 13.2 Å². The highest BCUT2D eigenvalue weighted by atomic mass is 35.5. The Balaban J connectivity index is 1.71. The molecule has 1 fully saturated rings. The summed E-state index contributed by atoms with van der Waals surface area (Å²) in [6.07, 6.45) is 2.46. The Morgan fingerprint density at radius 3 is 2.78 bits per heavy atom. The largest absolute Gasteiger partial charge is 0.494 e. The van der Waals surface area contributed by atoms with Gasteiger partial charge in [-0.05, 0) is 56.2 Å². The summed E-state index contributed by atoms with van der Waals surface area (Å²) in [5.41, 5.74) is 2.06. The summed E-state index contributed by atoms with van der Waals surface area (Å²) < 4.78 is 14.4. The number of hydrogen-bond acceptors (Lipinski definition) is 5. The van der Waals surface area contributed by atoms with Crippen LogP contribution in [0.4, 0.5) is 5.69 Å². The second-order valence-corrected chi connectivity index (χ2v) is 8.84. The standard InChI is InChI=1S/C20H21ClN2O2S2/c1-2-24-15-7-5-14(6-8-15)22-20-23(12-16-4-3-11-25-16)17(13-26-20)18-9-10-19(21)27-18/h5-10,13,16H,2-4,11-12H2,1H3/t16-/m1/s1. The summed E-state index contributed by atoms with van der Waals surface area (Å²) in [6, 6.07) is 11.9. The average molecular weight is 421 g/mol. The van der Waals surface area contributed by atoms with Gasteiger partial charge in [0.2, 0.25) is 0 Å². The Kier molecular flexibility index (Phi) is 5.98. The number of aromatic nitrogens is 1. The molecule has 0 unspecified atom stereocenters. The van der Waals surface area contributed by atoms with E-state index < -0.39 is 0 Å². The van der Waals surface area contributed by atoms with E-state index in [2.05, 4.69) is 16.0 Å². The normalized spacial score (nSPS) is 17.6. The van der Waals surface area contributed by atoms with E-state index in [1.807, 2.05) is 37.3 Å². The Morgan fingerprint density at radius 1 is 1.26 bits per heavy atom. The van der Waals surface area contributed by atoms with Crippen molar-refractivity contribution in [2.45, 2.75) is 32.4 Å². The van der Waals surface area contributed by atoms with Crippen molar-refractivity contribution in [1.29, 1.82) is 0 Å². The molecular formula is C20H21ClN2O2S2. The molecule has 4 rings (SSSR count). The van der Waals surface area contributed by atoms with Crippen LogP contribution in [0.15, 0.2) is 46.8 Å². The summed E-state index contributed by atoms with van der Waals surface area (Å²) in [5, 5.41) is 2.16. The van der Waals surface area contributed by atoms with Gasteiger partial charge in [0.05, 0.1) is 39.9 Å². The van der Waals surface area contributed by atoms with Gasteiger partial charge in [-0.1, -0.05) is 11.6 Å². The van der Waals surface area contributed by atoms with E-state index >= 15 is 0 Å². The Labute approximate surface area is 171 Å². The molecule has 1 aromatic carbocycles. The minimum Gasteiger partial charge on any atom is -0.494 e. The van der Waals surface area contributed by atoms with E-state index in [9.17, 15) is 0 Å². The van der Waals surface area contributed by atoms with Gasteiger partial charge in [0, 0.05) is 12.0 Å². The van der Waals surface area contributed by atoms with Gasteiger partial charge in [0.15, 0.2) is 4.80 Å². The van der Waals surface area contributed by atoms with Gasteiger partial charge in [-0.3, -0.25) is 0 Å². The number of hydrogen-bond donors (Lipinski definition) is 0. The third kappa shape index (κ3) is 4.46. The Morgan fingerprint density at radius 2 is 2.11 bits per heavy atom. The van der Waals surface area contributed by atoms with Gasteiger partial charge in [-0.2, -0.15) is 0 Å². The van der Waals surface area contributed by atoms with Gasteiger partial charge in [-0.15, -0.1) is 22.7 Å². The second kappa shape index (κ2) is 8.61. The number of ether oxygens (including phenoxy) is 2. The van der Waals surface area contributed by atoms with Crippen molar-refractivity contribution in [3.63, 3.8) is 0 Å². The summed E-state index contributed by atoms with van der Waals surface area (Å²) in [5.74, 6) is 0.865. The molecule has 3 heterocycles. The van der Waals surface area contributed by atoms with Crippen LogP contribution in [0.3, 0.4) is 0 Å². The molecule has 0 radical (unpaired) electrons. The summed E-state index contributed by atoms with van der Waals surface area (Å²) in [7, 11) is 0.